The van der Waals surface area contributed by atoms with E-state index in [1.165, 1.54) is 6.07 Å². The molecule has 27 heavy (non-hydrogen) atoms. The summed E-state index contributed by atoms with van der Waals surface area (Å²) >= 11 is 0. The average Bonchev–Trinajstić information content (AvgIpc) is 2.62. The monoisotopic (exact) mass is 388 g/mol. The molecule has 0 aromatic heterocycles. The molecule has 152 valence electrons. The topological polar surface area (TPSA) is 50.8 Å². The van der Waals surface area contributed by atoms with Gasteiger partial charge in [-0.2, -0.15) is 13.2 Å². The van der Waals surface area contributed by atoms with Gasteiger partial charge in [-0.1, -0.05) is 19.9 Å². The Bertz CT molecular complexity index is 637. The normalized spacial score (nSPS) is 19.6. The van der Waals surface area contributed by atoms with Gasteiger partial charge < -0.3 is 14.8 Å². The number of anilines is 1. The number of carbonyl (C=O) groups is 1. The molecule has 1 heterocycles. The van der Waals surface area contributed by atoms with Gasteiger partial charge in [0, 0.05) is 13.1 Å². The smallest absolute Gasteiger partial charge is 0.422 e. The predicted octanol–water partition coefficient (Wildman–Crippen LogP) is 3.76. The highest BCUT2D eigenvalue weighted by Gasteiger charge is 2.31. The number of nitrogens with one attached hydrogen (secondary N) is 1. The lowest BCUT2D eigenvalue weighted by atomic mass is 10.1. The number of hydrogen-bond donors (Lipinski definition) is 1. The highest BCUT2D eigenvalue weighted by Crippen LogP contribution is 2.28. The minimum absolute atomic E-state index is 0.0175. The number of amides is 1. The van der Waals surface area contributed by atoms with E-state index in [1.807, 2.05) is 13.8 Å². The molecule has 2 rings (SSSR count). The number of nitrogens with zero attached hydrogens (tertiary/aromatic N) is 1. The molecule has 2 atom stereocenters. The molecule has 1 aliphatic rings. The van der Waals surface area contributed by atoms with E-state index in [9.17, 15) is 18.0 Å². The van der Waals surface area contributed by atoms with Crippen molar-refractivity contribution in [2.24, 2.45) is 0 Å². The van der Waals surface area contributed by atoms with Gasteiger partial charge in [0.15, 0.2) is 6.61 Å². The summed E-state index contributed by atoms with van der Waals surface area (Å²) in [6.07, 6.45) is -2.90. The minimum atomic E-state index is -4.44. The van der Waals surface area contributed by atoms with Crippen LogP contribution >= 0.6 is 0 Å². The van der Waals surface area contributed by atoms with Crippen LogP contribution in [0, 0.1) is 6.92 Å². The summed E-state index contributed by atoms with van der Waals surface area (Å²) in [7, 11) is 0. The van der Waals surface area contributed by atoms with E-state index in [2.05, 4.69) is 10.2 Å². The van der Waals surface area contributed by atoms with E-state index in [1.54, 1.807) is 19.1 Å². The summed E-state index contributed by atoms with van der Waals surface area (Å²) in [6, 6.07) is 4.41. The van der Waals surface area contributed by atoms with Gasteiger partial charge in [-0.05, 0) is 37.5 Å². The molecule has 5 nitrogen and oxygen atoms in total. The maximum atomic E-state index is 12.8. The first kappa shape index (κ1) is 21.5. The first-order valence-electron chi connectivity index (χ1n) is 9.20. The molecule has 0 unspecified atom stereocenters. The summed E-state index contributed by atoms with van der Waals surface area (Å²) in [5.41, 5.74) is 0.991. The molecule has 0 bridgehead atoms. The molecule has 1 fully saturated rings. The number of benzene rings is 1. The van der Waals surface area contributed by atoms with Crippen LogP contribution in [-0.2, 0) is 9.53 Å². The SMILES string of the molecule is CC[C@H]1CN([C@H](CC)C(=O)Nc2ccc(C)cc2OCC(F)(F)F)CCO1. The fraction of sp³-hybridized carbons (Fsp3) is 0.632. The number of morpholine rings is 1. The maximum absolute atomic E-state index is 12.8. The highest BCUT2D eigenvalue weighted by molar-refractivity contribution is 5.96. The summed E-state index contributed by atoms with van der Waals surface area (Å²) in [4.78, 5) is 14.9. The van der Waals surface area contributed by atoms with Gasteiger partial charge in [-0.15, -0.1) is 0 Å². The van der Waals surface area contributed by atoms with Crippen LogP contribution in [-0.4, -0.2) is 55.4 Å². The Balaban J connectivity index is 2.11. The zero-order valence-electron chi connectivity index (χ0n) is 15.9. The van der Waals surface area contributed by atoms with E-state index in [-0.39, 0.29) is 29.5 Å². The first-order chi connectivity index (χ1) is 12.7. The second-order valence-electron chi connectivity index (χ2n) is 6.71. The standard InChI is InChI=1S/C19H27F3N2O3/c1-4-14-11-24(8-9-26-14)16(5-2)18(25)23-15-7-6-13(3)10-17(15)27-12-19(20,21)22/h6-7,10,14,16H,4-5,8-9,11-12H2,1-3H3,(H,23,25)/t14-,16+/m0/s1. The lowest BCUT2D eigenvalue weighted by molar-refractivity contribution is -0.153. The third-order valence-electron chi connectivity index (χ3n) is 4.54. The van der Waals surface area contributed by atoms with Crippen LogP contribution in [0.2, 0.25) is 0 Å². The van der Waals surface area contributed by atoms with Gasteiger partial charge in [0.05, 0.1) is 24.4 Å². The molecule has 1 aliphatic heterocycles. The van der Waals surface area contributed by atoms with Gasteiger partial charge in [-0.3, -0.25) is 9.69 Å². The Morgan fingerprint density at radius 2 is 2.15 bits per heavy atom. The van der Waals surface area contributed by atoms with Crippen LogP contribution in [0.3, 0.4) is 0 Å². The van der Waals surface area contributed by atoms with Gasteiger partial charge in [-0.25, -0.2) is 0 Å². The Hall–Kier alpha value is -1.80. The number of ether oxygens (including phenoxy) is 2. The molecular formula is C19H27F3N2O3. The number of aryl methyl sites for hydroxylation is 1. The molecule has 0 spiro atoms. The Kier molecular flexibility index (Phi) is 7.49. The molecule has 0 aliphatic carbocycles. The van der Waals surface area contributed by atoms with Gasteiger partial charge in [0.25, 0.3) is 0 Å². The van der Waals surface area contributed by atoms with Crippen molar-refractivity contribution in [2.45, 2.75) is 51.9 Å². The molecule has 1 aromatic rings. The van der Waals surface area contributed by atoms with Crippen molar-refractivity contribution in [3.63, 3.8) is 0 Å². The second kappa shape index (κ2) is 9.41. The van der Waals surface area contributed by atoms with E-state index in [0.29, 0.717) is 26.1 Å². The Labute approximate surface area is 157 Å². The molecule has 0 saturated carbocycles. The first-order valence-corrected chi connectivity index (χ1v) is 9.20. The van der Waals surface area contributed by atoms with Gasteiger partial charge in [0.2, 0.25) is 5.91 Å². The quantitative estimate of drug-likeness (QED) is 0.773. The molecule has 1 N–H and O–H groups in total. The number of halogens is 3. The Morgan fingerprint density at radius 1 is 1.41 bits per heavy atom. The van der Waals surface area contributed by atoms with Crippen molar-refractivity contribution in [2.75, 3.05) is 31.6 Å². The van der Waals surface area contributed by atoms with Crippen LogP contribution in [0.5, 0.6) is 5.75 Å². The molecular weight excluding hydrogens is 361 g/mol. The van der Waals surface area contributed by atoms with Crippen molar-refractivity contribution < 1.29 is 27.4 Å². The van der Waals surface area contributed by atoms with Gasteiger partial charge in [0.1, 0.15) is 5.75 Å². The summed E-state index contributed by atoms with van der Waals surface area (Å²) < 4.78 is 48.1. The third kappa shape index (κ3) is 6.39. The van der Waals surface area contributed by atoms with Crippen LogP contribution in [0.4, 0.5) is 18.9 Å². The molecule has 8 heteroatoms. The lowest BCUT2D eigenvalue weighted by Crippen LogP contribution is -2.51. The summed E-state index contributed by atoms with van der Waals surface area (Å²) in [5.74, 6) is -0.237. The van der Waals surface area contributed by atoms with E-state index >= 15 is 0 Å². The van der Waals surface area contributed by atoms with Crippen LogP contribution in [0.1, 0.15) is 32.3 Å². The molecule has 1 amide bonds. The molecule has 0 radical (unpaired) electrons. The molecule has 1 saturated heterocycles. The summed E-state index contributed by atoms with van der Waals surface area (Å²) in [6.45, 7) is 6.16. The molecule has 1 aromatic carbocycles. The van der Waals surface area contributed by atoms with Crippen LogP contribution in [0.25, 0.3) is 0 Å². The van der Waals surface area contributed by atoms with Crippen molar-refractivity contribution in [3.05, 3.63) is 23.8 Å². The van der Waals surface area contributed by atoms with Crippen LogP contribution < -0.4 is 10.1 Å². The lowest BCUT2D eigenvalue weighted by Gasteiger charge is -2.37. The number of rotatable bonds is 7. The maximum Gasteiger partial charge on any atom is 0.422 e. The van der Waals surface area contributed by atoms with Crippen molar-refractivity contribution in [1.82, 2.24) is 4.90 Å². The second-order valence-corrected chi connectivity index (χ2v) is 6.71. The highest BCUT2D eigenvalue weighted by atomic mass is 19.4. The van der Waals surface area contributed by atoms with E-state index < -0.39 is 12.8 Å². The minimum Gasteiger partial charge on any atom is -0.482 e. The van der Waals surface area contributed by atoms with E-state index in [4.69, 9.17) is 9.47 Å². The van der Waals surface area contributed by atoms with E-state index in [0.717, 1.165) is 12.0 Å². The largest absolute Gasteiger partial charge is 0.482 e. The van der Waals surface area contributed by atoms with Crippen LogP contribution in [0.15, 0.2) is 18.2 Å². The summed E-state index contributed by atoms with van der Waals surface area (Å²) in [5, 5.41) is 2.74. The van der Waals surface area contributed by atoms with Gasteiger partial charge >= 0.3 is 6.18 Å². The number of carbonyl (C=O) groups excluding carboxylic acids is 1. The zero-order chi connectivity index (χ0) is 20.0. The number of alkyl halides is 3. The Morgan fingerprint density at radius 3 is 2.78 bits per heavy atom. The average molecular weight is 388 g/mol. The fourth-order valence-electron chi connectivity index (χ4n) is 3.11. The van der Waals surface area contributed by atoms with Crippen molar-refractivity contribution in [1.29, 1.82) is 0 Å². The predicted molar refractivity (Wildman–Crippen MR) is 97.0 cm³/mol. The zero-order valence-corrected chi connectivity index (χ0v) is 15.9. The third-order valence-corrected chi connectivity index (χ3v) is 4.54. The number of hydrogen-bond acceptors (Lipinski definition) is 4. The fourth-order valence-corrected chi connectivity index (χ4v) is 3.11. The van der Waals surface area contributed by atoms with Crippen molar-refractivity contribution >= 4 is 11.6 Å². The van der Waals surface area contributed by atoms with Crippen molar-refractivity contribution in [3.8, 4) is 5.75 Å².